The van der Waals surface area contributed by atoms with Gasteiger partial charge in [0, 0.05) is 5.02 Å². The van der Waals surface area contributed by atoms with Crippen molar-refractivity contribution in [1.82, 2.24) is 10.2 Å². The second-order valence-electron chi connectivity index (χ2n) is 5.28. The first-order chi connectivity index (χ1) is 12.6. The van der Waals surface area contributed by atoms with E-state index >= 15 is 0 Å². The summed E-state index contributed by atoms with van der Waals surface area (Å²) in [6.07, 6.45) is 2.98. The largest absolute Gasteiger partial charge is 0.489 e. The van der Waals surface area contributed by atoms with E-state index < -0.39 is 5.56 Å². The molecule has 0 amide bonds. The molecule has 0 aliphatic heterocycles. The van der Waals surface area contributed by atoms with E-state index in [0.717, 1.165) is 16.9 Å². The van der Waals surface area contributed by atoms with Gasteiger partial charge in [0.15, 0.2) is 0 Å². The third kappa shape index (κ3) is 4.84. The highest BCUT2D eigenvalue weighted by molar-refractivity contribution is 6.32. The van der Waals surface area contributed by atoms with Gasteiger partial charge in [0.2, 0.25) is 0 Å². The molecule has 26 heavy (non-hydrogen) atoms. The molecule has 0 fully saturated rings. The number of hydrogen-bond acceptors (Lipinski definition) is 5. The van der Waals surface area contributed by atoms with Crippen LogP contribution in [0.2, 0.25) is 10.0 Å². The van der Waals surface area contributed by atoms with Crippen LogP contribution in [-0.4, -0.2) is 16.4 Å². The molecule has 6 nitrogen and oxygen atoms in total. The average Bonchev–Trinajstić information content (AvgIpc) is 2.65. The minimum absolute atomic E-state index is 0.00177. The highest BCUT2D eigenvalue weighted by Crippen LogP contribution is 2.16. The van der Waals surface area contributed by atoms with Crippen LogP contribution in [0.1, 0.15) is 11.1 Å². The standard InChI is InChI=1S/C18H14Cl2N4O2/c19-14-3-1-2-13(8-14)11-26-15-6-4-12(5-7-15)9-21-23-16-10-22-24-18(25)17(16)20/h1-10H,11H2,(H2,23,24,25)/b21-9+. The van der Waals surface area contributed by atoms with Crippen molar-refractivity contribution in [2.45, 2.75) is 6.61 Å². The molecule has 0 saturated heterocycles. The Bertz CT molecular complexity index is 971. The number of hydrazone groups is 1. The topological polar surface area (TPSA) is 79.4 Å². The van der Waals surface area contributed by atoms with E-state index in [9.17, 15) is 4.79 Å². The lowest BCUT2D eigenvalue weighted by Gasteiger charge is -2.07. The van der Waals surface area contributed by atoms with Gasteiger partial charge in [-0.1, -0.05) is 35.3 Å². The Hall–Kier alpha value is -2.83. The van der Waals surface area contributed by atoms with Gasteiger partial charge in [-0.05, 0) is 47.5 Å². The number of aromatic amines is 1. The number of anilines is 1. The lowest BCUT2D eigenvalue weighted by Crippen LogP contribution is -2.10. The number of H-pyrrole nitrogens is 1. The Morgan fingerprint density at radius 1 is 1.19 bits per heavy atom. The van der Waals surface area contributed by atoms with Crippen molar-refractivity contribution in [2.75, 3.05) is 5.43 Å². The summed E-state index contributed by atoms with van der Waals surface area (Å²) in [5.74, 6) is 0.733. The summed E-state index contributed by atoms with van der Waals surface area (Å²) in [5, 5.41) is 10.6. The smallest absolute Gasteiger partial charge is 0.285 e. The SMILES string of the molecule is O=c1[nH]ncc(N/N=C/c2ccc(OCc3cccc(Cl)c3)cc2)c1Cl. The first kappa shape index (κ1) is 18.0. The molecule has 3 aromatic rings. The zero-order valence-corrected chi connectivity index (χ0v) is 15.0. The van der Waals surface area contributed by atoms with Crippen molar-refractivity contribution >= 4 is 35.1 Å². The Labute approximate surface area is 159 Å². The van der Waals surface area contributed by atoms with Crippen molar-refractivity contribution in [1.29, 1.82) is 0 Å². The molecule has 0 saturated carbocycles. The maximum Gasteiger partial charge on any atom is 0.285 e. The molecule has 0 bridgehead atoms. The van der Waals surface area contributed by atoms with Gasteiger partial charge >= 0.3 is 0 Å². The zero-order valence-electron chi connectivity index (χ0n) is 13.4. The Morgan fingerprint density at radius 3 is 2.77 bits per heavy atom. The zero-order chi connectivity index (χ0) is 18.4. The molecule has 2 aromatic carbocycles. The molecule has 0 unspecified atom stereocenters. The van der Waals surface area contributed by atoms with E-state index in [1.807, 2.05) is 48.5 Å². The van der Waals surface area contributed by atoms with E-state index in [1.54, 1.807) is 6.21 Å². The van der Waals surface area contributed by atoms with Gasteiger partial charge < -0.3 is 4.74 Å². The van der Waals surface area contributed by atoms with Crippen LogP contribution in [0.25, 0.3) is 0 Å². The first-order valence-corrected chi connectivity index (χ1v) is 8.37. The van der Waals surface area contributed by atoms with E-state index in [2.05, 4.69) is 20.7 Å². The fraction of sp³-hybridized carbons (Fsp3) is 0.0556. The van der Waals surface area contributed by atoms with Gasteiger partial charge in [-0.15, -0.1) is 0 Å². The molecule has 0 aliphatic rings. The summed E-state index contributed by atoms with van der Waals surface area (Å²) in [7, 11) is 0. The predicted molar refractivity (Wildman–Crippen MR) is 103 cm³/mol. The number of ether oxygens (including phenoxy) is 1. The number of nitrogens with zero attached hydrogens (tertiary/aromatic N) is 2. The highest BCUT2D eigenvalue weighted by atomic mass is 35.5. The van der Waals surface area contributed by atoms with Crippen molar-refractivity contribution in [3.8, 4) is 5.75 Å². The first-order valence-electron chi connectivity index (χ1n) is 7.61. The van der Waals surface area contributed by atoms with Crippen LogP contribution >= 0.6 is 23.2 Å². The van der Waals surface area contributed by atoms with Gasteiger partial charge in [-0.3, -0.25) is 10.2 Å². The molecular formula is C18H14Cl2N4O2. The average molecular weight is 389 g/mol. The molecule has 3 rings (SSSR count). The summed E-state index contributed by atoms with van der Waals surface area (Å²) < 4.78 is 5.72. The molecule has 1 heterocycles. The van der Waals surface area contributed by atoms with Gasteiger partial charge in [-0.25, -0.2) is 5.10 Å². The van der Waals surface area contributed by atoms with Crippen LogP contribution in [0.4, 0.5) is 5.69 Å². The third-order valence-corrected chi connectivity index (χ3v) is 3.98. The van der Waals surface area contributed by atoms with Crippen LogP contribution in [0.3, 0.4) is 0 Å². The Balaban J connectivity index is 1.57. The van der Waals surface area contributed by atoms with E-state index in [-0.39, 0.29) is 5.02 Å². The Kier molecular flexibility index (Phi) is 5.88. The summed E-state index contributed by atoms with van der Waals surface area (Å²) in [6, 6.07) is 14.9. The van der Waals surface area contributed by atoms with E-state index in [4.69, 9.17) is 27.9 Å². The van der Waals surface area contributed by atoms with Crippen LogP contribution in [-0.2, 0) is 6.61 Å². The minimum Gasteiger partial charge on any atom is -0.489 e. The van der Waals surface area contributed by atoms with E-state index in [1.165, 1.54) is 6.20 Å². The molecule has 0 aliphatic carbocycles. The maximum absolute atomic E-state index is 11.3. The quantitative estimate of drug-likeness (QED) is 0.492. The van der Waals surface area contributed by atoms with Gasteiger partial charge in [0.1, 0.15) is 23.1 Å². The van der Waals surface area contributed by atoms with Crippen LogP contribution in [0.5, 0.6) is 5.75 Å². The molecule has 0 atom stereocenters. The molecule has 1 aromatic heterocycles. The number of halogens is 2. The fourth-order valence-electron chi connectivity index (χ4n) is 2.08. The van der Waals surface area contributed by atoms with E-state index in [0.29, 0.717) is 17.3 Å². The van der Waals surface area contributed by atoms with Crippen molar-refractivity contribution < 1.29 is 4.74 Å². The lowest BCUT2D eigenvalue weighted by atomic mass is 10.2. The third-order valence-electron chi connectivity index (χ3n) is 3.37. The van der Waals surface area contributed by atoms with Crippen LogP contribution < -0.4 is 15.7 Å². The predicted octanol–water partition coefficient (Wildman–Crippen LogP) is 4.10. The highest BCUT2D eigenvalue weighted by Gasteiger charge is 2.03. The van der Waals surface area contributed by atoms with Crippen molar-refractivity contribution in [2.24, 2.45) is 5.10 Å². The van der Waals surface area contributed by atoms with Gasteiger partial charge in [0.25, 0.3) is 5.56 Å². The summed E-state index contributed by atoms with van der Waals surface area (Å²) in [4.78, 5) is 11.3. The molecule has 2 N–H and O–H groups in total. The fourth-order valence-corrected chi connectivity index (χ4v) is 2.43. The monoisotopic (exact) mass is 388 g/mol. The van der Waals surface area contributed by atoms with Crippen LogP contribution in [0, 0.1) is 0 Å². The summed E-state index contributed by atoms with van der Waals surface area (Å²) >= 11 is 11.8. The number of benzene rings is 2. The van der Waals surface area contributed by atoms with Crippen LogP contribution in [0.15, 0.2) is 64.6 Å². The number of hydrogen-bond donors (Lipinski definition) is 2. The van der Waals surface area contributed by atoms with Crippen molar-refractivity contribution in [3.63, 3.8) is 0 Å². The number of aromatic nitrogens is 2. The number of rotatable bonds is 6. The van der Waals surface area contributed by atoms with Crippen molar-refractivity contribution in [3.05, 3.63) is 86.3 Å². The molecule has 0 spiro atoms. The minimum atomic E-state index is -0.479. The second kappa shape index (κ2) is 8.51. The van der Waals surface area contributed by atoms with Gasteiger partial charge in [0.05, 0.1) is 12.4 Å². The normalized spacial score (nSPS) is 10.8. The molecular weight excluding hydrogens is 375 g/mol. The summed E-state index contributed by atoms with van der Waals surface area (Å²) in [6.45, 7) is 0.434. The molecule has 8 heteroatoms. The molecule has 132 valence electrons. The van der Waals surface area contributed by atoms with Gasteiger partial charge in [-0.2, -0.15) is 10.2 Å². The Morgan fingerprint density at radius 2 is 2.00 bits per heavy atom. The lowest BCUT2D eigenvalue weighted by molar-refractivity contribution is 0.306. The molecule has 0 radical (unpaired) electrons. The second-order valence-corrected chi connectivity index (χ2v) is 6.10. The number of nitrogens with one attached hydrogen (secondary N) is 2. The summed E-state index contributed by atoms with van der Waals surface area (Å²) in [5.41, 5.74) is 4.37. The maximum atomic E-state index is 11.3.